The van der Waals surface area contributed by atoms with Crippen molar-refractivity contribution in [3.63, 3.8) is 0 Å². The van der Waals surface area contributed by atoms with E-state index in [2.05, 4.69) is 140 Å². The van der Waals surface area contributed by atoms with Crippen LogP contribution in [0.5, 0.6) is 0 Å². The Morgan fingerprint density at radius 2 is 0.906 bits per heavy atom. The highest BCUT2D eigenvalue weighted by Crippen LogP contribution is 2.65. The van der Waals surface area contributed by atoms with E-state index in [9.17, 15) is 0 Å². The Morgan fingerprint density at radius 3 is 1.25 bits per heavy atom. The average Bonchev–Trinajstić information content (AvgIpc) is 3.16. The summed E-state index contributed by atoms with van der Waals surface area (Å²) in [5.74, 6) is 0. The van der Waals surface area contributed by atoms with E-state index in [-0.39, 0.29) is 5.41 Å². The van der Waals surface area contributed by atoms with E-state index in [1.165, 1.54) is 44.6 Å². The minimum absolute atomic E-state index is 0.381. The lowest BCUT2D eigenvalue weighted by molar-refractivity contribution is 0.693. The van der Waals surface area contributed by atoms with Gasteiger partial charge in [-0.25, -0.2) is 0 Å². The van der Waals surface area contributed by atoms with E-state index in [1.807, 2.05) is 6.08 Å². The van der Waals surface area contributed by atoms with E-state index < -0.39 is 0 Å². The number of hydrogen-bond acceptors (Lipinski definition) is 0. The Bertz CT molecular complexity index is 1030. The first-order valence-electron chi connectivity index (χ1n) is 11.6. The van der Waals surface area contributed by atoms with Gasteiger partial charge in [0, 0.05) is 0 Å². The summed E-state index contributed by atoms with van der Waals surface area (Å²) in [6.07, 6.45) is 32.9. The van der Waals surface area contributed by atoms with Crippen molar-refractivity contribution < 1.29 is 0 Å². The van der Waals surface area contributed by atoms with E-state index in [0.29, 0.717) is 0 Å². The van der Waals surface area contributed by atoms with Gasteiger partial charge < -0.3 is 0 Å². The smallest absolute Gasteiger partial charge is 0.0722 e. The van der Waals surface area contributed by atoms with Crippen LogP contribution in [0.4, 0.5) is 0 Å². The Hall–Kier alpha value is -3.12. The molecule has 0 saturated carbocycles. The minimum atomic E-state index is -0.381. The van der Waals surface area contributed by atoms with Gasteiger partial charge >= 0.3 is 0 Å². The van der Waals surface area contributed by atoms with Crippen molar-refractivity contribution in [1.29, 1.82) is 0 Å². The molecule has 2 aliphatic carbocycles. The fraction of sp³-hybridized carbons (Fsp3) is 0.250. The lowest BCUT2D eigenvalue weighted by Gasteiger charge is -2.34. The summed E-state index contributed by atoms with van der Waals surface area (Å²) in [6, 6.07) is 0. The van der Waals surface area contributed by atoms with Crippen LogP contribution in [-0.4, -0.2) is 0 Å². The van der Waals surface area contributed by atoms with Gasteiger partial charge in [0.25, 0.3) is 0 Å². The largest absolute Gasteiger partial charge is 0.0990 e. The van der Waals surface area contributed by atoms with Crippen LogP contribution in [0.2, 0.25) is 0 Å². The molecule has 0 heterocycles. The van der Waals surface area contributed by atoms with Gasteiger partial charge in [0.05, 0.1) is 5.41 Å². The van der Waals surface area contributed by atoms with Gasteiger partial charge in [0.15, 0.2) is 0 Å². The summed E-state index contributed by atoms with van der Waals surface area (Å²) >= 11 is 0. The van der Waals surface area contributed by atoms with Crippen molar-refractivity contribution in [2.24, 2.45) is 5.41 Å². The van der Waals surface area contributed by atoms with Crippen molar-refractivity contribution in [3.05, 3.63) is 142 Å². The Morgan fingerprint density at radius 1 is 0.531 bits per heavy atom. The molecule has 0 radical (unpaired) electrons. The van der Waals surface area contributed by atoms with E-state index >= 15 is 0 Å². The molecule has 0 heteroatoms. The second kappa shape index (κ2) is 11.5. The third-order valence-electron chi connectivity index (χ3n) is 5.93. The SMILES string of the molecule is C=C/C=C1C(/C=C\C)=C(/C=C\C)C2(C(/C=C\C)=C(/C=C\C)C(/C=C\C)=C2/C=C\C)C/1=C/C. The minimum Gasteiger partial charge on any atom is -0.0990 e. The molecule has 166 valence electrons. The van der Waals surface area contributed by atoms with Gasteiger partial charge in [-0.3, -0.25) is 0 Å². The molecule has 0 N–H and O–H groups in total. The molecule has 0 aromatic carbocycles. The van der Waals surface area contributed by atoms with Gasteiger partial charge in [-0.05, 0) is 93.1 Å². The fourth-order valence-electron chi connectivity index (χ4n) is 5.11. The Labute approximate surface area is 196 Å². The molecule has 32 heavy (non-hydrogen) atoms. The summed E-state index contributed by atoms with van der Waals surface area (Å²) in [6.45, 7) is 18.8. The maximum absolute atomic E-state index is 4.03. The standard InChI is InChI=1S/C32H38/c1-9-17-24-25(18-10-2)29(21-13-5)32(28(24)16-8)30(22-14-6)26(19-11-3)27(20-12-4)31(32)23-15-7/h9-23H,1H2,2-8H3/b18-10-,19-11-,20-12-,21-13-,22-14-,23-15-,24-17-,28-16+. The van der Waals surface area contributed by atoms with Crippen molar-refractivity contribution in [2.75, 3.05) is 0 Å². The van der Waals surface area contributed by atoms with Crippen LogP contribution >= 0.6 is 0 Å². The monoisotopic (exact) mass is 422 g/mol. The molecule has 2 rings (SSSR count). The molecule has 0 unspecified atom stereocenters. The van der Waals surface area contributed by atoms with E-state index in [4.69, 9.17) is 0 Å². The molecule has 0 saturated heterocycles. The zero-order valence-electron chi connectivity index (χ0n) is 20.9. The average molecular weight is 423 g/mol. The second-order valence-corrected chi connectivity index (χ2v) is 7.75. The third kappa shape index (κ3) is 3.91. The number of rotatable bonds is 7. The normalized spacial score (nSPS) is 22.2. The molecule has 0 aromatic rings. The summed E-state index contributed by atoms with van der Waals surface area (Å²) in [5, 5.41) is 0. The summed E-state index contributed by atoms with van der Waals surface area (Å²) in [5.41, 5.74) is 9.90. The molecule has 1 spiro atoms. The van der Waals surface area contributed by atoms with Crippen molar-refractivity contribution in [2.45, 2.75) is 48.5 Å². The first-order chi connectivity index (χ1) is 15.6. The van der Waals surface area contributed by atoms with Crippen molar-refractivity contribution >= 4 is 0 Å². The van der Waals surface area contributed by atoms with Crippen LogP contribution in [0.3, 0.4) is 0 Å². The lowest BCUT2D eigenvalue weighted by Crippen LogP contribution is -2.25. The van der Waals surface area contributed by atoms with Gasteiger partial charge in [-0.15, -0.1) is 0 Å². The predicted molar refractivity (Wildman–Crippen MR) is 144 cm³/mol. The first kappa shape index (κ1) is 25.1. The molecule has 0 atom stereocenters. The number of allylic oxidation sites excluding steroid dienone is 23. The maximum atomic E-state index is 4.03. The fourth-order valence-corrected chi connectivity index (χ4v) is 5.11. The van der Waals surface area contributed by atoms with Crippen molar-refractivity contribution in [1.82, 2.24) is 0 Å². The van der Waals surface area contributed by atoms with Crippen LogP contribution in [0, 0.1) is 5.41 Å². The molecule has 2 aliphatic rings. The molecule has 0 nitrogen and oxygen atoms in total. The lowest BCUT2D eigenvalue weighted by atomic mass is 9.67. The molecule has 0 bridgehead atoms. The highest BCUT2D eigenvalue weighted by molar-refractivity contribution is 5.83. The van der Waals surface area contributed by atoms with E-state index in [0.717, 1.165) is 0 Å². The first-order valence-corrected chi connectivity index (χ1v) is 11.6. The summed E-state index contributed by atoms with van der Waals surface area (Å²) < 4.78 is 0. The van der Waals surface area contributed by atoms with Gasteiger partial charge in [0.1, 0.15) is 0 Å². The molecule has 0 amide bonds. The highest BCUT2D eigenvalue weighted by Gasteiger charge is 2.53. The van der Waals surface area contributed by atoms with Gasteiger partial charge in [0.2, 0.25) is 0 Å². The van der Waals surface area contributed by atoms with Crippen LogP contribution in [-0.2, 0) is 0 Å². The third-order valence-corrected chi connectivity index (χ3v) is 5.93. The second-order valence-electron chi connectivity index (χ2n) is 7.75. The summed E-state index contributed by atoms with van der Waals surface area (Å²) in [7, 11) is 0. The molecule has 0 aliphatic heterocycles. The van der Waals surface area contributed by atoms with Gasteiger partial charge in [-0.2, -0.15) is 0 Å². The maximum Gasteiger partial charge on any atom is 0.0722 e. The predicted octanol–water partition coefficient (Wildman–Crippen LogP) is 9.41. The topological polar surface area (TPSA) is 0 Å². The van der Waals surface area contributed by atoms with E-state index in [1.54, 1.807) is 0 Å². The van der Waals surface area contributed by atoms with Crippen LogP contribution < -0.4 is 0 Å². The van der Waals surface area contributed by atoms with Crippen LogP contribution in [0.1, 0.15) is 48.5 Å². The highest BCUT2D eigenvalue weighted by atomic mass is 14.5. The molecular formula is C32H38. The van der Waals surface area contributed by atoms with Crippen molar-refractivity contribution in [3.8, 4) is 0 Å². The zero-order chi connectivity index (χ0) is 23.7. The zero-order valence-corrected chi connectivity index (χ0v) is 20.9. The Kier molecular flexibility index (Phi) is 9.02. The quantitative estimate of drug-likeness (QED) is 0.383. The Balaban J connectivity index is 3.33. The molecule has 0 fully saturated rings. The van der Waals surface area contributed by atoms with Crippen LogP contribution in [0.25, 0.3) is 0 Å². The van der Waals surface area contributed by atoms with Crippen LogP contribution in [0.15, 0.2) is 142 Å². The number of hydrogen-bond donors (Lipinski definition) is 0. The van der Waals surface area contributed by atoms with Gasteiger partial charge in [-0.1, -0.05) is 97.7 Å². The molecule has 0 aromatic heterocycles. The molecular weight excluding hydrogens is 384 g/mol. The summed E-state index contributed by atoms with van der Waals surface area (Å²) in [4.78, 5) is 0.